The van der Waals surface area contributed by atoms with Gasteiger partial charge in [0.2, 0.25) is 5.91 Å². The van der Waals surface area contributed by atoms with Crippen molar-refractivity contribution in [3.8, 4) is 0 Å². The van der Waals surface area contributed by atoms with E-state index in [2.05, 4.69) is 30.5 Å². The van der Waals surface area contributed by atoms with E-state index >= 15 is 0 Å². The molecule has 0 atom stereocenters. The number of amides is 1. The van der Waals surface area contributed by atoms with Crippen LogP contribution in [0.25, 0.3) is 0 Å². The number of hydrogen-bond donors (Lipinski definition) is 2. The number of rotatable bonds is 8. The molecule has 0 aromatic heterocycles. The van der Waals surface area contributed by atoms with Crippen molar-refractivity contribution in [2.24, 2.45) is 0 Å². The fourth-order valence-electron chi connectivity index (χ4n) is 1.77. The highest BCUT2D eigenvalue weighted by Gasteiger charge is 2.01. The number of aryl methyl sites for hydroxylation is 1. The third kappa shape index (κ3) is 5.71. The van der Waals surface area contributed by atoms with Crippen molar-refractivity contribution >= 4 is 11.6 Å². The molecule has 0 spiro atoms. The number of anilines is 1. The predicted molar refractivity (Wildman–Crippen MR) is 76.8 cm³/mol. The van der Waals surface area contributed by atoms with E-state index in [0.29, 0.717) is 13.0 Å². The summed E-state index contributed by atoms with van der Waals surface area (Å²) in [4.78, 5) is 11.5. The molecule has 100 valence electrons. The van der Waals surface area contributed by atoms with Crippen molar-refractivity contribution in [3.63, 3.8) is 0 Å². The van der Waals surface area contributed by atoms with Crippen LogP contribution in [-0.2, 0) is 4.79 Å². The summed E-state index contributed by atoms with van der Waals surface area (Å²) in [5.74, 6) is 0.132. The average Bonchev–Trinajstić information content (AvgIpc) is 2.37. The summed E-state index contributed by atoms with van der Waals surface area (Å²) in [5, 5.41) is 6.22. The first-order chi connectivity index (χ1) is 8.74. The highest BCUT2D eigenvalue weighted by molar-refractivity contribution is 5.76. The molecule has 0 bridgehead atoms. The van der Waals surface area contributed by atoms with Crippen LogP contribution in [0.15, 0.2) is 24.3 Å². The lowest BCUT2D eigenvalue weighted by molar-refractivity contribution is -0.120. The third-order valence-corrected chi connectivity index (χ3v) is 2.92. The largest absolute Gasteiger partial charge is 0.384 e. The van der Waals surface area contributed by atoms with Crippen molar-refractivity contribution in [3.05, 3.63) is 29.8 Å². The van der Waals surface area contributed by atoms with E-state index in [9.17, 15) is 4.79 Å². The molecule has 0 heterocycles. The lowest BCUT2D eigenvalue weighted by Crippen LogP contribution is -2.26. The number of benzene rings is 1. The van der Waals surface area contributed by atoms with Crippen LogP contribution in [0, 0.1) is 6.92 Å². The quantitative estimate of drug-likeness (QED) is 0.694. The van der Waals surface area contributed by atoms with Crippen LogP contribution in [0.2, 0.25) is 0 Å². The second-order valence-electron chi connectivity index (χ2n) is 4.55. The lowest BCUT2D eigenvalue weighted by atomic mass is 10.2. The van der Waals surface area contributed by atoms with Crippen molar-refractivity contribution in [1.82, 2.24) is 5.32 Å². The second kappa shape index (κ2) is 8.56. The fourth-order valence-corrected chi connectivity index (χ4v) is 1.77. The van der Waals surface area contributed by atoms with Gasteiger partial charge in [0.05, 0.1) is 0 Å². The normalized spacial score (nSPS) is 10.1. The highest BCUT2D eigenvalue weighted by atomic mass is 16.1. The maximum absolute atomic E-state index is 11.5. The van der Waals surface area contributed by atoms with E-state index in [1.54, 1.807) is 0 Å². The molecule has 3 heteroatoms. The zero-order valence-electron chi connectivity index (χ0n) is 11.5. The maximum atomic E-state index is 11.5. The van der Waals surface area contributed by atoms with Crippen molar-refractivity contribution < 1.29 is 4.79 Å². The fraction of sp³-hybridized carbons (Fsp3) is 0.533. The third-order valence-electron chi connectivity index (χ3n) is 2.92. The van der Waals surface area contributed by atoms with Gasteiger partial charge in [-0.25, -0.2) is 0 Å². The molecule has 0 aliphatic carbocycles. The van der Waals surface area contributed by atoms with E-state index in [4.69, 9.17) is 0 Å². The van der Waals surface area contributed by atoms with Crippen LogP contribution in [0.5, 0.6) is 0 Å². The number of hydrogen-bond acceptors (Lipinski definition) is 2. The van der Waals surface area contributed by atoms with E-state index in [1.807, 2.05) is 18.2 Å². The van der Waals surface area contributed by atoms with Crippen LogP contribution in [-0.4, -0.2) is 19.0 Å². The van der Waals surface area contributed by atoms with Gasteiger partial charge < -0.3 is 10.6 Å². The molecular weight excluding hydrogens is 224 g/mol. The smallest absolute Gasteiger partial charge is 0.221 e. The standard InChI is InChI=1S/C15H24N2O/c1-3-4-7-11-17-15(18)10-12-16-14-9-6-5-8-13(14)2/h5-6,8-9,16H,3-4,7,10-12H2,1-2H3,(H,17,18). The summed E-state index contributed by atoms with van der Waals surface area (Å²) in [6.07, 6.45) is 3.97. The minimum absolute atomic E-state index is 0.132. The molecule has 1 aromatic rings. The highest BCUT2D eigenvalue weighted by Crippen LogP contribution is 2.12. The lowest BCUT2D eigenvalue weighted by Gasteiger charge is -2.09. The first-order valence-corrected chi connectivity index (χ1v) is 6.80. The molecule has 3 nitrogen and oxygen atoms in total. The van der Waals surface area contributed by atoms with Gasteiger partial charge >= 0.3 is 0 Å². The molecule has 18 heavy (non-hydrogen) atoms. The van der Waals surface area contributed by atoms with Gasteiger partial charge in [0, 0.05) is 25.2 Å². The Labute approximate surface area is 110 Å². The topological polar surface area (TPSA) is 41.1 Å². The van der Waals surface area contributed by atoms with Crippen molar-refractivity contribution in [2.75, 3.05) is 18.4 Å². The van der Waals surface area contributed by atoms with Gasteiger partial charge in [-0.15, -0.1) is 0 Å². The zero-order chi connectivity index (χ0) is 13.2. The summed E-state index contributed by atoms with van der Waals surface area (Å²) in [6, 6.07) is 8.11. The van der Waals surface area contributed by atoms with Gasteiger partial charge in [-0.3, -0.25) is 4.79 Å². The summed E-state index contributed by atoms with van der Waals surface area (Å²) >= 11 is 0. The van der Waals surface area contributed by atoms with Gasteiger partial charge in [0.1, 0.15) is 0 Å². The minimum Gasteiger partial charge on any atom is -0.384 e. The number of carbonyl (C=O) groups is 1. The Morgan fingerprint density at radius 3 is 2.67 bits per heavy atom. The predicted octanol–water partition coefficient (Wildman–Crippen LogP) is 3.10. The van der Waals surface area contributed by atoms with Gasteiger partial charge in [0.25, 0.3) is 0 Å². The number of unbranched alkanes of at least 4 members (excludes halogenated alkanes) is 2. The summed E-state index contributed by atoms with van der Waals surface area (Å²) < 4.78 is 0. The Kier molecular flexibility index (Phi) is 6.92. The molecule has 1 amide bonds. The summed E-state index contributed by atoms with van der Waals surface area (Å²) in [5.41, 5.74) is 2.32. The van der Waals surface area contributed by atoms with Crippen molar-refractivity contribution in [2.45, 2.75) is 39.5 Å². The molecule has 1 rings (SSSR count). The van der Waals surface area contributed by atoms with Crippen LogP contribution < -0.4 is 10.6 Å². The number of carbonyl (C=O) groups excluding carboxylic acids is 1. The number of para-hydroxylation sites is 1. The van der Waals surface area contributed by atoms with Gasteiger partial charge in [-0.1, -0.05) is 38.0 Å². The van der Waals surface area contributed by atoms with Gasteiger partial charge in [-0.05, 0) is 25.0 Å². The Morgan fingerprint density at radius 1 is 1.17 bits per heavy atom. The monoisotopic (exact) mass is 248 g/mol. The molecule has 0 aliphatic heterocycles. The Morgan fingerprint density at radius 2 is 1.94 bits per heavy atom. The molecule has 0 fully saturated rings. The molecule has 2 N–H and O–H groups in total. The average molecular weight is 248 g/mol. The summed E-state index contributed by atoms with van der Waals surface area (Å²) in [6.45, 7) is 5.71. The van der Waals surface area contributed by atoms with Crippen LogP contribution >= 0.6 is 0 Å². The van der Waals surface area contributed by atoms with Gasteiger partial charge in [-0.2, -0.15) is 0 Å². The Balaban J connectivity index is 2.14. The van der Waals surface area contributed by atoms with E-state index in [1.165, 1.54) is 18.4 Å². The zero-order valence-corrected chi connectivity index (χ0v) is 11.5. The van der Waals surface area contributed by atoms with Gasteiger partial charge in [0.15, 0.2) is 0 Å². The van der Waals surface area contributed by atoms with Crippen LogP contribution in [0.1, 0.15) is 38.2 Å². The first-order valence-electron chi connectivity index (χ1n) is 6.80. The van der Waals surface area contributed by atoms with Crippen molar-refractivity contribution in [1.29, 1.82) is 0 Å². The molecular formula is C15H24N2O. The molecule has 0 saturated heterocycles. The van der Waals surface area contributed by atoms with E-state index in [0.717, 1.165) is 18.7 Å². The van der Waals surface area contributed by atoms with E-state index < -0.39 is 0 Å². The Hall–Kier alpha value is -1.51. The molecule has 0 saturated carbocycles. The molecule has 0 unspecified atom stereocenters. The first kappa shape index (κ1) is 14.6. The molecule has 0 aliphatic rings. The van der Waals surface area contributed by atoms with Crippen LogP contribution in [0.3, 0.4) is 0 Å². The maximum Gasteiger partial charge on any atom is 0.221 e. The van der Waals surface area contributed by atoms with Crippen LogP contribution in [0.4, 0.5) is 5.69 Å². The molecule has 0 radical (unpaired) electrons. The van der Waals surface area contributed by atoms with E-state index in [-0.39, 0.29) is 5.91 Å². The number of nitrogens with one attached hydrogen (secondary N) is 2. The Bertz CT molecular complexity index is 363. The summed E-state index contributed by atoms with van der Waals surface area (Å²) in [7, 11) is 0. The SMILES string of the molecule is CCCCCNC(=O)CCNc1ccccc1C. The second-order valence-corrected chi connectivity index (χ2v) is 4.55. The minimum atomic E-state index is 0.132. The molecule has 1 aromatic carbocycles.